The van der Waals surface area contributed by atoms with Crippen molar-refractivity contribution in [3.05, 3.63) is 71.1 Å². The van der Waals surface area contributed by atoms with E-state index in [1.54, 1.807) is 45.1 Å². The molecule has 0 saturated heterocycles. The first-order chi connectivity index (χ1) is 19.8. The molecular formula is C31H44ClN3O8. The topological polar surface area (TPSA) is 166 Å². The fourth-order valence-electron chi connectivity index (χ4n) is 4.95. The summed E-state index contributed by atoms with van der Waals surface area (Å²) >= 11 is 0. The van der Waals surface area contributed by atoms with Crippen molar-refractivity contribution in [3.63, 3.8) is 0 Å². The van der Waals surface area contributed by atoms with Gasteiger partial charge in [0, 0.05) is 43.9 Å². The molecule has 12 heteroatoms. The summed E-state index contributed by atoms with van der Waals surface area (Å²) in [6.45, 7) is 10.9. The normalized spacial score (nSPS) is 30.9. The highest BCUT2D eigenvalue weighted by Crippen LogP contribution is 2.28. The van der Waals surface area contributed by atoms with Gasteiger partial charge in [0.2, 0.25) is 11.6 Å². The van der Waals surface area contributed by atoms with E-state index in [1.165, 1.54) is 20.3 Å². The number of hydrogen-bond acceptors (Lipinski definition) is 9. The van der Waals surface area contributed by atoms with Crippen LogP contribution in [0.15, 0.2) is 71.1 Å². The van der Waals surface area contributed by atoms with Crippen LogP contribution in [-0.4, -0.2) is 73.9 Å². The summed E-state index contributed by atoms with van der Waals surface area (Å²) in [4.78, 5) is 51.3. The number of halogens is 1. The molecule has 0 aromatic heterocycles. The number of allylic oxidation sites excluding steroid dienone is 4. The lowest BCUT2D eigenvalue weighted by Crippen LogP contribution is -2.37. The molecule has 43 heavy (non-hydrogen) atoms. The third kappa shape index (κ3) is 10.3. The highest BCUT2D eigenvalue weighted by Gasteiger charge is 2.33. The molecule has 0 aromatic rings. The lowest BCUT2D eigenvalue weighted by atomic mass is 9.85. The van der Waals surface area contributed by atoms with Gasteiger partial charge in [0.15, 0.2) is 6.10 Å². The van der Waals surface area contributed by atoms with E-state index >= 15 is 0 Å². The molecule has 5 N–H and O–H groups in total. The van der Waals surface area contributed by atoms with Crippen LogP contribution < -0.4 is 16.4 Å². The van der Waals surface area contributed by atoms with Gasteiger partial charge in [0.1, 0.15) is 6.10 Å². The van der Waals surface area contributed by atoms with Gasteiger partial charge in [0.25, 0.3) is 5.91 Å². The first-order valence-corrected chi connectivity index (χ1v) is 13.8. The van der Waals surface area contributed by atoms with Crippen LogP contribution in [0.3, 0.4) is 0 Å². The van der Waals surface area contributed by atoms with Crippen LogP contribution in [0.25, 0.3) is 0 Å². The van der Waals surface area contributed by atoms with E-state index in [0.717, 1.165) is 6.08 Å². The second-order valence-electron chi connectivity index (χ2n) is 10.6. The third-order valence-electron chi connectivity index (χ3n) is 7.22. The van der Waals surface area contributed by atoms with Gasteiger partial charge in [-0.3, -0.25) is 14.4 Å². The fraction of sp³-hybridized carbons (Fsp3) is 0.484. The Balaban J connectivity index is 0.00000924. The Morgan fingerprint density at radius 1 is 1.21 bits per heavy atom. The van der Waals surface area contributed by atoms with Gasteiger partial charge in [-0.2, -0.15) is 0 Å². The zero-order valence-electron chi connectivity index (χ0n) is 25.5. The number of nitrogens with two attached hydrogens (primary N) is 1. The van der Waals surface area contributed by atoms with Gasteiger partial charge in [-0.25, -0.2) is 4.79 Å². The molecule has 2 amide bonds. The predicted molar refractivity (Wildman–Crippen MR) is 165 cm³/mol. The van der Waals surface area contributed by atoms with Gasteiger partial charge in [-0.1, -0.05) is 44.2 Å². The van der Waals surface area contributed by atoms with E-state index in [2.05, 4.69) is 17.2 Å². The maximum absolute atomic E-state index is 13.5. The third-order valence-corrected chi connectivity index (χ3v) is 7.22. The number of aliphatic hydroxyl groups excluding tert-OH is 1. The summed E-state index contributed by atoms with van der Waals surface area (Å²) in [6.07, 6.45) is 5.34. The quantitative estimate of drug-likeness (QED) is 0.258. The monoisotopic (exact) mass is 621 g/mol. The number of ether oxygens (including phenoxy) is 3. The maximum Gasteiger partial charge on any atom is 0.405 e. The lowest BCUT2D eigenvalue weighted by Gasteiger charge is -2.30. The summed E-state index contributed by atoms with van der Waals surface area (Å²) < 4.78 is 16.6. The van der Waals surface area contributed by atoms with Crippen LogP contribution in [0.5, 0.6) is 0 Å². The zero-order chi connectivity index (χ0) is 31.6. The van der Waals surface area contributed by atoms with Crippen molar-refractivity contribution in [2.24, 2.45) is 17.6 Å². The number of amides is 2. The Labute approximate surface area is 259 Å². The van der Waals surface area contributed by atoms with Crippen molar-refractivity contribution in [1.29, 1.82) is 0 Å². The fourth-order valence-corrected chi connectivity index (χ4v) is 4.95. The molecular weight excluding hydrogens is 578 g/mol. The summed E-state index contributed by atoms with van der Waals surface area (Å²) in [7, 11) is 2.92. The van der Waals surface area contributed by atoms with Crippen LogP contribution in [0.1, 0.15) is 40.5 Å². The Morgan fingerprint density at radius 3 is 2.47 bits per heavy atom. The Hall–Kier alpha value is -3.51. The van der Waals surface area contributed by atoms with Crippen LogP contribution in [0.4, 0.5) is 4.79 Å². The molecule has 0 unspecified atom stereocenters. The number of nitrogens with one attached hydrogen (secondary N) is 2. The highest BCUT2D eigenvalue weighted by atomic mass is 35.5. The van der Waals surface area contributed by atoms with E-state index in [0.29, 0.717) is 12.0 Å². The molecule has 6 atom stereocenters. The number of ketones is 2. The van der Waals surface area contributed by atoms with Crippen molar-refractivity contribution in [2.75, 3.05) is 20.8 Å². The van der Waals surface area contributed by atoms with E-state index in [1.807, 2.05) is 6.92 Å². The Morgan fingerprint density at radius 2 is 1.88 bits per heavy atom. The van der Waals surface area contributed by atoms with E-state index in [-0.39, 0.29) is 53.8 Å². The molecule has 0 fully saturated rings. The number of rotatable bonds is 6. The smallest absolute Gasteiger partial charge is 0.405 e. The van der Waals surface area contributed by atoms with E-state index in [9.17, 15) is 24.3 Å². The molecule has 0 spiro atoms. The SMILES string of the molecule is C=CCNC1=C2C[C@@H](C)C[C@H](OC)[C@H](O)[C@@H](C)/C=C(/C)[C@H](OC(N)=O)[C@@H](OC)/C=C/C=C(\C)C(=O)NC(=CC1=O)C2=O.Cl. The minimum atomic E-state index is -1.00. The number of carbonyl (C=O) groups is 4. The molecule has 2 rings (SSSR count). The molecule has 11 nitrogen and oxygen atoms in total. The molecule has 1 aliphatic heterocycles. The second-order valence-corrected chi connectivity index (χ2v) is 10.6. The molecule has 2 bridgehead atoms. The standard InChI is InChI=1S/C31H43N3O8.ClH/c1-8-12-33-26-21-13-17(2)14-25(41-7)27(36)19(4)15-20(5)29(42-31(32)39)24(40-6)11-9-10-18(3)30(38)34-22(28(21)37)16-23(26)35;/h8-11,15-17,19,24-25,27,29,33,36H,1,12-14H2,2-7H3,(H2,32,39)(H,34,38);1H/b11-9+,18-10+,20-15-;/t17-,19+,24+,25+,27-,29+;/m1./s1. The van der Waals surface area contributed by atoms with Crippen molar-refractivity contribution in [3.8, 4) is 0 Å². The van der Waals surface area contributed by atoms with Crippen molar-refractivity contribution in [2.45, 2.75) is 65.0 Å². The van der Waals surface area contributed by atoms with Crippen LogP contribution >= 0.6 is 12.4 Å². The maximum atomic E-state index is 13.5. The summed E-state index contributed by atoms with van der Waals surface area (Å²) in [6, 6.07) is 0. The average Bonchev–Trinajstić information content (AvgIpc) is 2.94. The van der Waals surface area contributed by atoms with Gasteiger partial charge in [-0.15, -0.1) is 19.0 Å². The van der Waals surface area contributed by atoms with Crippen molar-refractivity contribution >= 4 is 36.0 Å². The Bertz CT molecular complexity index is 1220. The average molecular weight is 622 g/mol. The van der Waals surface area contributed by atoms with Crippen molar-refractivity contribution in [1.82, 2.24) is 10.6 Å². The highest BCUT2D eigenvalue weighted by molar-refractivity contribution is 6.23. The molecule has 0 radical (unpaired) electrons. The molecule has 1 heterocycles. The van der Waals surface area contributed by atoms with E-state index < -0.39 is 53.9 Å². The molecule has 1 aliphatic carbocycles. The summed E-state index contributed by atoms with van der Waals surface area (Å²) in [5.74, 6) is -2.14. The second kappa shape index (κ2) is 17.6. The van der Waals surface area contributed by atoms with Gasteiger partial charge < -0.3 is 35.7 Å². The predicted octanol–water partition coefficient (Wildman–Crippen LogP) is 2.96. The lowest BCUT2D eigenvalue weighted by molar-refractivity contribution is -0.120. The minimum absolute atomic E-state index is 0. The number of carbonyl (C=O) groups excluding carboxylic acids is 4. The first kappa shape index (κ1) is 37.5. The largest absolute Gasteiger partial charge is 0.439 e. The van der Waals surface area contributed by atoms with Gasteiger partial charge >= 0.3 is 6.09 Å². The van der Waals surface area contributed by atoms with E-state index in [4.69, 9.17) is 19.9 Å². The molecule has 0 saturated carbocycles. The van der Waals surface area contributed by atoms with Gasteiger partial charge in [-0.05, 0) is 38.2 Å². The summed E-state index contributed by atoms with van der Waals surface area (Å²) in [5.41, 5.74) is 6.42. The number of methoxy groups -OCH3 is 2. The zero-order valence-corrected chi connectivity index (χ0v) is 26.4. The number of Topliss-reactive ketones (excluding diaryl/α,β-unsaturated/α-hetero) is 1. The Kier molecular flexibility index (Phi) is 15.3. The van der Waals surface area contributed by atoms with Crippen LogP contribution in [-0.2, 0) is 28.6 Å². The number of fused-ring (bicyclic) bond motifs is 2. The van der Waals surface area contributed by atoms with Crippen molar-refractivity contribution < 1.29 is 38.5 Å². The van der Waals surface area contributed by atoms with Gasteiger partial charge in [0.05, 0.1) is 23.6 Å². The molecule has 0 aromatic carbocycles. The summed E-state index contributed by atoms with van der Waals surface area (Å²) in [5, 5.41) is 16.7. The first-order valence-electron chi connectivity index (χ1n) is 13.8. The minimum Gasteiger partial charge on any atom is -0.439 e. The number of hydrogen-bond donors (Lipinski definition) is 4. The molecule has 2 aliphatic rings. The number of primary amides is 1. The molecule has 238 valence electrons. The number of aliphatic hydroxyl groups is 1. The van der Waals surface area contributed by atoms with Crippen LogP contribution in [0, 0.1) is 11.8 Å². The van der Waals surface area contributed by atoms with Crippen LogP contribution in [0.2, 0.25) is 0 Å².